The van der Waals surface area contributed by atoms with Crippen molar-refractivity contribution in [2.24, 2.45) is 0 Å². The minimum Gasteiger partial charge on any atom is -0.495 e. The van der Waals surface area contributed by atoms with Gasteiger partial charge >= 0.3 is 0 Å². The fourth-order valence-electron chi connectivity index (χ4n) is 2.67. The second-order valence-electron chi connectivity index (χ2n) is 6.10. The van der Waals surface area contributed by atoms with Crippen molar-refractivity contribution < 1.29 is 22.4 Å². The van der Waals surface area contributed by atoms with Crippen LogP contribution in [0, 0.1) is 6.92 Å². The number of carbonyl (C=O) groups is 1. The molecule has 146 valence electrons. The van der Waals surface area contributed by atoms with E-state index >= 15 is 0 Å². The minimum atomic E-state index is -3.62. The lowest BCUT2D eigenvalue weighted by atomic mass is 10.2. The standard InChI is InChI=1S/C20H18ClNO5S/c1-13-10-17(18(26-2)11-16(13)21)22-20(23)19-14(8-9-27-19)12-28(24,25)15-6-4-3-5-7-15/h3-11H,12H2,1-2H3,(H,22,23). The van der Waals surface area contributed by atoms with Gasteiger partial charge in [-0.2, -0.15) is 0 Å². The number of halogens is 1. The molecule has 1 heterocycles. The number of hydrogen-bond donors (Lipinski definition) is 1. The maximum Gasteiger partial charge on any atom is 0.291 e. The maximum absolute atomic E-state index is 12.7. The summed E-state index contributed by atoms with van der Waals surface area (Å²) < 4.78 is 35.7. The van der Waals surface area contributed by atoms with Gasteiger partial charge in [-0.3, -0.25) is 4.79 Å². The molecule has 0 aliphatic carbocycles. The van der Waals surface area contributed by atoms with Crippen LogP contribution < -0.4 is 10.1 Å². The van der Waals surface area contributed by atoms with Crippen molar-refractivity contribution in [2.45, 2.75) is 17.6 Å². The summed E-state index contributed by atoms with van der Waals surface area (Å²) in [7, 11) is -2.16. The predicted molar refractivity (Wildman–Crippen MR) is 107 cm³/mol. The van der Waals surface area contributed by atoms with E-state index in [0.717, 1.165) is 5.56 Å². The van der Waals surface area contributed by atoms with Crippen molar-refractivity contribution in [3.63, 3.8) is 0 Å². The highest BCUT2D eigenvalue weighted by Crippen LogP contribution is 2.31. The van der Waals surface area contributed by atoms with Crippen LogP contribution in [0.1, 0.15) is 21.7 Å². The van der Waals surface area contributed by atoms with E-state index in [9.17, 15) is 13.2 Å². The number of hydrogen-bond acceptors (Lipinski definition) is 5. The van der Waals surface area contributed by atoms with Crippen molar-refractivity contribution in [3.8, 4) is 5.75 Å². The summed E-state index contributed by atoms with van der Waals surface area (Å²) in [6.45, 7) is 1.79. The van der Waals surface area contributed by atoms with Gasteiger partial charge in [0, 0.05) is 16.7 Å². The number of carbonyl (C=O) groups excluding carboxylic acids is 1. The first-order valence-corrected chi connectivity index (χ1v) is 10.3. The van der Waals surface area contributed by atoms with E-state index in [2.05, 4.69) is 5.32 Å². The summed E-state index contributed by atoms with van der Waals surface area (Å²) in [5.41, 5.74) is 1.43. The topological polar surface area (TPSA) is 85.6 Å². The third kappa shape index (κ3) is 4.21. The van der Waals surface area contributed by atoms with Crippen molar-refractivity contribution in [1.29, 1.82) is 0 Å². The molecule has 0 saturated heterocycles. The Balaban J connectivity index is 1.86. The maximum atomic E-state index is 12.7. The molecule has 6 nitrogen and oxygen atoms in total. The number of ether oxygens (including phenoxy) is 1. The Morgan fingerprint density at radius 2 is 1.89 bits per heavy atom. The molecule has 1 amide bonds. The van der Waals surface area contributed by atoms with E-state index in [0.29, 0.717) is 16.5 Å². The summed E-state index contributed by atoms with van der Waals surface area (Å²) in [5.74, 6) is -0.626. The summed E-state index contributed by atoms with van der Waals surface area (Å²) in [6, 6.07) is 12.8. The first-order valence-electron chi connectivity index (χ1n) is 8.31. The van der Waals surface area contributed by atoms with E-state index in [4.69, 9.17) is 20.8 Å². The lowest BCUT2D eigenvalue weighted by Gasteiger charge is -2.12. The van der Waals surface area contributed by atoms with Gasteiger partial charge in [0.1, 0.15) is 5.75 Å². The molecule has 0 radical (unpaired) electrons. The molecule has 0 aliphatic rings. The van der Waals surface area contributed by atoms with Crippen molar-refractivity contribution in [1.82, 2.24) is 0 Å². The molecule has 0 bridgehead atoms. The number of furan rings is 1. The second-order valence-corrected chi connectivity index (χ2v) is 8.50. The molecule has 0 spiro atoms. The van der Waals surface area contributed by atoms with Gasteiger partial charge < -0.3 is 14.5 Å². The van der Waals surface area contributed by atoms with Crippen LogP contribution in [0.15, 0.2) is 64.1 Å². The van der Waals surface area contributed by atoms with E-state index < -0.39 is 15.7 Å². The molecule has 0 fully saturated rings. The summed E-state index contributed by atoms with van der Waals surface area (Å²) in [6.07, 6.45) is 1.29. The molecule has 1 N–H and O–H groups in total. The third-order valence-electron chi connectivity index (χ3n) is 4.13. The van der Waals surface area contributed by atoms with Crippen LogP contribution in [0.2, 0.25) is 5.02 Å². The Hall–Kier alpha value is -2.77. The third-order valence-corrected chi connectivity index (χ3v) is 6.22. The van der Waals surface area contributed by atoms with Crippen molar-refractivity contribution >= 4 is 33.0 Å². The van der Waals surface area contributed by atoms with Crippen LogP contribution in [0.3, 0.4) is 0 Å². The number of nitrogens with one attached hydrogen (secondary N) is 1. The normalized spacial score (nSPS) is 11.2. The summed E-state index contributed by atoms with van der Waals surface area (Å²) >= 11 is 6.08. The number of sulfone groups is 1. The van der Waals surface area contributed by atoms with E-state index in [1.165, 1.54) is 31.6 Å². The van der Waals surface area contributed by atoms with Crippen LogP contribution in [0.25, 0.3) is 0 Å². The lowest BCUT2D eigenvalue weighted by molar-refractivity contribution is 0.0995. The number of anilines is 1. The molecule has 2 aromatic carbocycles. The second kappa shape index (κ2) is 8.08. The first kappa shape index (κ1) is 20.0. The molecule has 0 aliphatic heterocycles. The summed E-state index contributed by atoms with van der Waals surface area (Å²) in [4.78, 5) is 12.9. The van der Waals surface area contributed by atoms with Crippen LogP contribution in [-0.4, -0.2) is 21.4 Å². The number of rotatable bonds is 6. The Morgan fingerprint density at radius 3 is 2.57 bits per heavy atom. The Bertz CT molecular complexity index is 1110. The zero-order chi connectivity index (χ0) is 20.3. The molecular formula is C20H18ClNO5S. The quantitative estimate of drug-likeness (QED) is 0.636. The monoisotopic (exact) mass is 419 g/mol. The molecule has 1 aromatic heterocycles. The number of amides is 1. The fourth-order valence-corrected chi connectivity index (χ4v) is 4.20. The van der Waals surface area contributed by atoms with Gasteiger partial charge in [0.15, 0.2) is 15.6 Å². The Kier molecular flexibility index (Phi) is 5.76. The molecule has 8 heteroatoms. The van der Waals surface area contributed by atoms with Crippen molar-refractivity contribution in [3.05, 3.63) is 76.7 Å². The minimum absolute atomic E-state index is 0.0748. The molecular weight excluding hydrogens is 402 g/mol. The van der Waals surface area contributed by atoms with Gasteiger partial charge in [0.2, 0.25) is 0 Å². The predicted octanol–water partition coefficient (Wildman–Crippen LogP) is 4.48. The van der Waals surface area contributed by atoms with Gasteiger partial charge in [-0.1, -0.05) is 29.8 Å². The van der Waals surface area contributed by atoms with Crippen LogP contribution >= 0.6 is 11.6 Å². The largest absolute Gasteiger partial charge is 0.495 e. The first-order chi connectivity index (χ1) is 13.3. The van der Waals surface area contributed by atoms with Gasteiger partial charge in [0.05, 0.1) is 29.7 Å². The van der Waals surface area contributed by atoms with E-state index in [-0.39, 0.29) is 22.0 Å². The molecule has 28 heavy (non-hydrogen) atoms. The van der Waals surface area contributed by atoms with E-state index in [1.54, 1.807) is 37.3 Å². The van der Waals surface area contributed by atoms with Gasteiger partial charge in [-0.15, -0.1) is 0 Å². The van der Waals surface area contributed by atoms with Gasteiger partial charge in [-0.25, -0.2) is 8.42 Å². The SMILES string of the molecule is COc1cc(Cl)c(C)cc1NC(=O)c1occc1CS(=O)(=O)c1ccccc1. The van der Waals surface area contributed by atoms with Crippen LogP contribution in [-0.2, 0) is 15.6 Å². The average molecular weight is 420 g/mol. The Labute approximate surface area is 168 Å². The van der Waals surface area contributed by atoms with Crippen LogP contribution in [0.5, 0.6) is 5.75 Å². The zero-order valence-electron chi connectivity index (χ0n) is 15.2. The Morgan fingerprint density at radius 1 is 1.18 bits per heavy atom. The van der Waals surface area contributed by atoms with Gasteiger partial charge in [0.25, 0.3) is 5.91 Å². The molecule has 0 atom stereocenters. The lowest BCUT2D eigenvalue weighted by Crippen LogP contribution is -2.15. The van der Waals surface area contributed by atoms with E-state index in [1.807, 2.05) is 0 Å². The highest BCUT2D eigenvalue weighted by Gasteiger charge is 2.23. The fraction of sp³-hybridized carbons (Fsp3) is 0.150. The molecule has 0 saturated carbocycles. The average Bonchev–Trinajstić information content (AvgIpc) is 3.12. The van der Waals surface area contributed by atoms with Crippen molar-refractivity contribution in [2.75, 3.05) is 12.4 Å². The number of methoxy groups -OCH3 is 1. The summed E-state index contributed by atoms with van der Waals surface area (Å²) in [5, 5.41) is 3.19. The molecule has 3 aromatic rings. The number of benzene rings is 2. The highest BCUT2D eigenvalue weighted by molar-refractivity contribution is 7.90. The smallest absolute Gasteiger partial charge is 0.291 e. The van der Waals surface area contributed by atoms with Crippen LogP contribution in [0.4, 0.5) is 5.69 Å². The molecule has 3 rings (SSSR count). The highest BCUT2D eigenvalue weighted by atomic mass is 35.5. The zero-order valence-corrected chi connectivity index (χ0v) is 16.8. The number of aryl methyl sites for hydroxylation is 1. The molecule has 0 unspecified atom stereocenters. The van der Waals surface area contributed by atoms with Gasteiger partial charge in [-0.05, 0) is 36.8 Å².